The molecule has 6 heteroatoms. The fraction of sp³-hybridized carbons (Fsp3) is 0.278. The Morgan fingerprint density at radius 2 is 2.17 bits per heavy atom. The van der Waals surface area contributed by atoms with E-state index >= 15 is 0 Å². The van der Waals surface area contributed by atoms with Gasteiger partial charge in [0.1, 0.15) is 17.9 Å². The Kier molecular flexibility index (Phi) is 5.66. The Bertz CT molecular complexity index is 874. The minimum Gasteiger partial charge on any atom is -0.468 e. The van der Waals surface area contributed by atoms with Crippen LogP contribution < -0.4 is 10.9 Å². The van der Waals surface area contributed by atoms with Gasteiger partial charge >= 0.3 is 5.63 Å². The molecule has 0 fully saturated rings. The SMILES string of the molecule is Cc1cc2oc(=O)cc(C[NH2+]CCSCc3ccco3)c2cc1Cl. The Hall–Kier alpha value is -1.69. The zero-order valence-electron chi connectivity index (χ0n) is 13.4. The first-order valence-electron chi connectivity index (χ1n) is 7.78. The van der Waals surface area contributed by atoms with E-state index in [1.165, 1.54) is 0 Å². The molecule has 126 valence electrons. The van der Waals surface area contributed by atoms with Crippen LogP contribution in [0.5, 0.6) is 0 Å². The summed E-state index contributed by atoms with van der Waals surface area (Å²) in [5, 5.41) is 3.79. The normalized spacial score (nSPS) is 11.2. The highest BCUT2D eigenvalue weighted by Crippen LogP contribution is 2.24. The van der Waals surface area contributed by atoms with Crippen LogP contribution in [0.15, 0.2) is 50.2 Å². The van der Waals surface area contributed by atoms with Crippen LogP contribution in [0.3, 0.4) is 0 Å². The molecule has 2 N–H and O–H groups in total. The minimum absolute atomic E-state index is 0.320. The van der Waals surface area contributed by atoms with E-state index in [9.17, 15) is 4.79 Å². The Balaban J connectivity index is 1.58. The molecule has 0 amide bonds. The van der Waals surface area contributed by atoms with E-state index in [2.05, 4.69) is 5.32 Å². The third kappa shape index (κ3) is 4.23. The summed E-state index contributed by atoms with van der Waals surface area (Å²) in [5.41, 5.74) is 2.14. The highest BCUT2D eigenvalue weighted by molar-refractivity contribution is 7.98. The molecule has 3 rings (SSSR count). The molecule has 1 aromatic carbocycles. The molecule has 0 atom stereocenters. The van der Waals surface area contributed by atoms with E-state index in [0.29, 0.717) is 10.6 Å². The average Bonchev–Trinajstić information content (AvgIpc) is 3.05. The fourth-order valence-corrected chi connectivity index (χ4v) is 3.52. The van der Waals surface area contributed by atoms with Crippen molar-refractivity contribution in [3.63, 3.8) is 0 Å². The van der Waals surface area contributed by atoms with Crippen molar-refractivity contribution in [3.8, 4) is 0 Å². The second-order valence-electron chi connectivity index (χ2n) is 5.60. The molecule has 0 aliphatic rings. The zero-order valence-corrected chi connectivity index (χ0v) is 15.0. The van der Waals surface area contributed by atoms with Crippen LogP contribution in [0.25, 0.3) is 11.0 Å². The van der Waals surface area contributed by atoms with Gasteiger partial charge in [0.05, 0.1) is 18.6 Å². The molecular formula is C18H19ClNO3S+. The Morgan fingerprint density at radius 3 is 2.96 bits per heavy atom. The lowest BCUT2D eigenvalue weighted by atomic mass is 10.1. The van der Waals surface area contributed by atoms with E-state index in [4.69, 9.17) is 20.4 Å². The lowest BCUT2D eigenvalue weighted by Crippen LogP contribution is -2.83. The molecule has 0 saturated carbocycles. The van der Waals surface area contributed by atoms with Crippen molar-refractivity contribution in [3.05, 3.63) is 68.9 Å². The Morgan fingerprint density at radius 1 is 1.29 bits per heavy atom. The van der Waals surface area contributed by atoms with Crippen molar-refractivity contribution >= 4 is 34.3 Å². The van der Waals surface area contributed by atoms with E-state index in [1.54, 1.807) is 12.3 Å². The predicted molar refractivity (Wildman–Crippen MR) is 97.6 cm³/mol. The van der Waals surface area contributed by atoms with Gasteiger partial charge in [0, 0.05) is 27.8 Å². The van der Waals surface area contributed by atoms with Crippen LogP contribution >= 0.6 is 23.4 Å². The summed E-state index contributed by atoms with van der Waals surface area (Å²) < 4.78 is 10.6. The van der Waals surface area contributed by atoms with E-state index in [0.717, 1.165) is 46.9 Å². The number of furan rings is 1. The summed E-state index contributed by atoms with van der Waals surface area (Å²) in [6.45, 7) is 3.59. The number of hydrogen-bond acceptors (Lipinski definition) is 4. The van der Waals surface area contributed by atoms with Crippen molar-refractivity contribution in [2.45, 2.75) is 19.2 Å². The summed E-state index contributed by atoms with van der Waals surface area (Å²) in [5.74, 6) is 2.89. The lowest BCUT2D eigenvalue weighted by Gasteiger charge is -2.07. The molecule has 24 heavy (non-hydrogen) atoms. The van der Waals surface area contributed by atoms with Gasteiger partial charge in [-0.1, -0.05) is 11.6 Å². The maximum Gasteiger partial charge on any atom is 0.336 e. The van der Waals surface area contributed by atoms with Gasteiger partial charge in [-0.15, -0.1) is 11.8 Å². The number of fused-ring (bicyclic) bond motifs is 1. The standard InChI is InChI=1S/C18H18ClNO3S/c1-12-7-17-15(9-16(12)19)13(8-18(21)23-17)10-20-4-6-24-11-14-3-2-5-22-14/h2-3,5,7-9,20H,4,6,10-11H2,1H3/p+1. The average molecular weight is 365 g/mol. The van der Waals surface area contributed by atoms with Gasteiger partial charge in [-0.05, 0) is 36.8 Å². The fourth-order valence-electron chi connectivity index (χ4n) is 2.51. The van der Waals surface area contributed by atoms with E-state index in [-0.39, 0.29) is 5.63 Å². The summed E-state index contributed by atoms with van der Waals surface area (Å²) >= 11 is 8.04. The number of hydrogen-bond donors (Lipinski definition) is 1. The van der Waals surface area contributed by atoms with Crippen LogP contribution in [-0.4, -0.2) is 12.3 Å². The quantitative estimate of drug-likeness (QED) is 0.516. The minimum atomic E-state index is -0.320. The molecule has 3 aromatic rings. The van der Waals surface area contributed by atoms with E-state index in [1.807, 2.05) is 43.0 Å². The topological polar surface area (TPSA) is 60.0 Å². The molecule has 0 radical (unpaired) electrons. The van der Waals surface area contributed by atoms with Gasteiger partial charge < -0.3 is 14.2 Å². The van der Waals surface area contributed by atoms with Gasteiger partial charge in [0.15, 0.2) is 0 Å². The molecule has 0 unspecified atom stereocenters. The number of quaternary nitrogens is 1. The van der Waals surface area contributed by atoms with Crippen molar-refractivity contribution in [1.82, 2.24) is 0 Å². The molecule has 0 saturated heterocycles. The monoisotopic (exact) mass is 364 g/mol. The third-order valence-corrected chi connectivity index (χ3v) is 5.18. The number of nitrogens with two attached hydrogens (primary N) is 1. The second kappa shape index (κ2) is 7.92. The molecule has 0 spiro atoms. The smallest absolute Gasteiger partial charge is 0.336 e. The molecule has 4 nitrogen and oxygen atoms in total. The second-order valence-corrected chi connectivity index (χ2v) is 7.11. The van der Waals surface area contributed by atoms with Crippen LogP contribution in [0.1, 0.15) is 16.9 Å². The molecule has 2 aromatic heterocycles. The van der Waals surface area contributed by atoms with Crippen molar-refractivity contribution in [2.75, 3.05) is 12.3 Å². The van der Waals surface area contributed by atoms with Gasteiger partial charge in [0.2, 0.25) is 0 Å². The predicted octanol–water partition coefficient (Wildman–Crippen LogP) is 3.34. The number of aryl methyl sites for hydroxylation is 1. The number of benzene rings is 1. The first kappa shape index (κ1) is 17.1. The molecule has 0 aliphatic heterocycles. The highest BCUT2D eigenvalue weighted by atomic mass is 35.5. The highest BCUT2D eigenvalue weighted by Gasteiger charge is 2.09. The van der Waals surface area contributed by atoms with Crippen LogP contribution in [0, 0.1) is 6.92 Å². The number of rotatable bonds is 7. The molecule has 0 bridgehead atoms. The van der Waals surface area contributed by atoms with Gasteiger partial charge in [-0.3, -0.25) is 0 Å². The first-order valence-corrected chi connectivity index (χ1v) is 9.31. The third-order valence-electron chi connectivity index (χ3n) is 3.76. The molecular weight excluding hydrogens is 346 g/mol. The van der Waals surface area contributed by atoms with Gasteiger partial charge in [-0.25, -0.2) is 4.79 Å². The van der Waals surface area contributed by atoms with Gasteiger partial charge in [-0.2, -0.15) is 0 Å². The lowest BCUT2D eigenvalue weighted by molar-refractivity contribution is -0.666. The molecule has 2 heterocycles. The summed E-state index contributed by atoms with van der Waals surface area (Å²) in [6, 6.07) is 9.14. The molecule has 0 aliphatic carbocycles. The first-order chi connectivity index (χ1) is 11.6. The Labute approximate surface area is 149 Å². The van der Waals surface area contributed by atoms with E-state index < -0.39 is 0 Å². The maximum absolute atomic E-state index is 11.7. The largest absolute Gasteiger partial charge is 0.468 e. The van der Waals surface area contributed by atoms with Crippen molar-refractivity contribution in [2.24, 2.45) is 0 Å². The van der Waals surface area contributed by atoms with Crippen molar-refractivity contribution in [1.29, 1.82) is 0 Å². The summed E-state index contributed by atoms with van der Waals surface area (Å²) in [7, 11) is 0. The summed E-state index contributed by atoms with van der Waals surface area (Å²) in [4.78, 5) is 11.7. The van der Waals surface area contributed by atoms with Crippen LogP contribution in [-0.2, 0) is 12.3 Å². The summed E-state index contributed by atoms with van der Waals surface area (Å²) in [6.07, 6.45) is 1.70. The maximum atomic E-state index is 11.7. The zero-order chi connectivity index (χ0) is 16.9. The van der Waals surface area contributed by atoms with Crippen LogP contribution in [0.2, 0.25) is 5.02 Å². The number of halogens is 1. The van der Waals surface area contributed by atoms with Crippen molar-refractivity contribution < 1.29 is 14.2 Å². The number of thioether (sulfide) groups is 1. The van der Waals surface area contributed by atoms with Crippen LogP contribution in [0.4, 0.5) is 0 Å². The van der Waals surface area contributed by atoms with Gasteiger partial charge in [0.25, 0.3) is 0 Å².